The average molecular weight is 202 g/mol. The largest absolute Gasteiger partial charge is 0.480 e. The van der Waals surface area contributed by atoms with Gasteiger partial charge in [0.1, 0.15) is 6.04 Å². The first-order valence-electron chi connectivity index (χ1n) is 5.34. The Hall–Kier alpha value is -0.610. The SMILES string of the molecule is CCN(CC)C(CCCCN)C(=O)O. The molecule has 84 valence electrons. The van der Waals surface area contributed by atoms with Crippen LogP contribution >= 0.6 is 0 Å². The Morgan fingerprint density at radius 1 is 1.36 bits per heavy atom. The van der Waals surface area contributed by atoms with Gasteiger partial charge in [-0.3, -0.25) is 9.69 Å². The predicted molar refractivity (Wildman–Crippen MR) is 57.3 cm³/mol. The molecule has 0 spiro atoms. The Kier molecular flexibility index (Phi) is 7.42. The van der Waals surface area contributed by atoms with E-state index in [0.29, 0.717) is 13.0 Å². The minimum atomic E-state index is -0.717. The predicted octanol–water partition coefficient (Wildman–Crippen LogP) is 0.910. The smallest absolute Gasteiger partial charge is 0.320 e. The van der Waals surface area contributed by atoms with E-state index in [4.69, 9.17) is 10.8 Å². The van der Waals surface area contributed by atoms with E-state index in [-0.39, 0.29) is 6.04 Å². The van der Waals surface area contributed by atoms with Crippen molar-refractivity contribution < 1.29 is 9.90 Å². The molecule has 0 saturated heterocycles. The zero-order chi connectivity index (χ0) is 11.0. The van der Waals surface area contributed by atoms with Crippen LogP contribution < -0.4 is 5.73 Å². The van der Waals surface area contributed by atoms with Crippen molar-refractivity contribution in [3.8, 4) is 0 Å². The second kappa shape index (κ2) is 7.76. The van der Waals surface area contributed by atoms with Crippen LogP contribution in [0, 0.1) is 0 Å². The molecule has 4 nitrogen and oxygen atoms in total. The van der Waals surface area contributed by atoms with Crippen LogP contribution in [-0.4, -0.2) is 41.7 Å². The fourth-order valence-electron chi connectivity index (χ4n) is 1.61. The van der Waals surface area contributed by atoms with Crippen LogP contribution in [0.3, 0.4) is 0 Å². The zero-order valence-electron chi connectivity index (χ0n) is 9.20. The minimum absolute atomic E-state index is 0.337. The third kappa shape index (κ3) is 4.58. The molecule has 0 aromatic heterocycles. The highest BCUT2D eigenvalue weighted by Gasteiger charge is 2.22. The summed E-state index contributed by atoms with van der Waals surface area (Å²) in [4.78, 5) is 13.0. The third-order valence-electron chi connectivity index (χ3n) is 2.47. The topological polar surface area (TPSA) is 66.6 Å². The van der Waals surface area contributed by atoms with Gasteiger partial charge < -0.3 is 10.8 Å². The van der Waals surface area contributed by atoms with Crippen LogP contribution in [0.15, 0.2) is 0 Å². The number of carboxylic acid groups (broad SMARTS) is 1. The first-order chi connectivity index (χ1) is 6.67. The summed E-state index contributed by atoms with van der Waals surface area (Å²) >= 11 is 0. The number of unbranched alkanes of at least 4 members (excludes halogenated alkanes) is 1. The highest BCUT2D eigenvalue weighted by molar-refractivity contribution is 5.73. The van der Waals surface area contributed by atoms with Crippen LogP contribution in [0.2, 0.25) is 0 Å². The lowest BCUT2D eigenvalue weighted by Crippen LogP contribution is -2.41. The summed E-state index contributed by atoms with van der Waals surface area (Å²) in [5.74, 6) is -0.717. The van der Waals surface area contributed by atoms with Crippen LogP contribution in [0.4, 0.5) is 0 Å². The maximum Gasteiger partial charge on any atom is 0.320 e. The molecule has 1 unspecified atom stereocenters. The van der Waals surface area contributed by atoms with Gasteiger partial charge in [-0.2, -0.15) is 0 Å². The maximum absolute atomic E-state index is 11.0. The number of carbonyl (C=O) groups is 1. The van der Waals surface area contributed by atoms with Crippen molar-refractivity contribution in [3.05, 3.63) is 0 Å². The van der Waals surface area contributed by atoms with E-state index < -0.39 is 5.97 Å². The fourth-order valence-corrected chi connectivity index (χ4v) is 1.61. The van der Waals surface area contributed by atoms with Crippen LogP contribution in [0.5, 0.6) is 0 Å². The Bertz CT molecular complexity index is 158. The lowest BCUT2D eigenvalue weighted by atomic mass is 10.1. The van der Waals surface area contributed by atoms with E-state index in [0.717, 1.165) is 25.9 Å². The first-order valence-corrected chi connectivity index (χ1v) is 5.34. The summed E-state index contributed by atoms with van der Waals surface area (Å²) < 4.78 is 0. The van der Waals surface area contributed by atoms with Crippen molar-refractivity contribution in [2.24, 2.45) is 5.73 Å². The highest BCUT2D eigenvalue weighted by atomic mass is 16.4. The Balaban J connectivity index is 4.06. The van der Waals surface area contributed by atoms with Gasteiger partial charge >= 0.3 is 5.97 Å². The van der Waals surface area contributed by atoms with Gasteiger partial charge in [0.25, 0.3) is 0 Å². The number of nitrogens with two attached hydrogens (primary N) is 1. The number of rotatable bonds is 8. The highest BCUT2D eigenvalue weighted by Crippen LogP contribution is 2.08. The van der Waals surface area contributed by atoms with E-state index in [1.54, 1.807) is 0 Å². The Morgan fingerprint density at radius 3 is 2.29 bits per heavy atom. The molecule has 0 aliphatic carbocycles. The van der Waals surface area contributed by atoms with Crippen molar-refractivity contribution in [1.82, 2.24) is 4.90 Å². The van der Waals surface area contributed by atoms with Gasteiger partial charge in [0, 0.05) is 0 Å². The van der Waals surface area contributed by atoms with Gasteiger partial charge in [0.2, 0.25) is 0 Å². The summed E-state index contributed by atoms with van der Waals surface area (Å²) in [6.07, 6.45) is 2.50. The molecule has 0 rings (SSSR count). The molecule has 3 N–H and O–H groups in total. The van der Waals surface area contributed by atoms with Crippen LogP contribution in [-0.2, 0) is 4.79 Å². The van der Waals surface area contributed by atoms with Gasteiger partial charge in [-0.25, -0.2) is 0 Å². The van der Waals surface area contributed by atoms with Crippen LogP contribution in [0.25, 0.3) is 0 Å². The number of likely N-dealkylation sites (N-methyl/N-ethyl adjacent to an activating group) is 1. The quantitative estimate of drug-likeness (QED) is 0.574. The molecule has 14 heavy (non-hydrogen) atoms. The van der Waals surface area contributed by atoms with E-state index in [9.17, 15) is 4.79 Å². The molecule has 0 bridgehead atoms. The van der Waals surface area contributed by atoms with Gasteiger partial charge in [0.15, 0.2) is 0 Å². The second-order valence-electron chi connectivity index (χ2n) is 3.36. The van der Waals surface area contributed by atoms with E-state index in [1.807, 2.05) is 18.7 Å². The van der Waals surface area contributed by atoms with Crippen LogP contribution in [0.1, 0.15) is 33.1 Å². The molecule has 0 amide bonds. The number of aliphatic carboxylic acids is 1. The normalized spacial score (nSPS) is 13.1. The lowest BCUT2D eigenvalue weighted by molar-refractivity contribution is -0.143. The molecular weight excluding hydrogens is 180 g/mol. The van der Waals surface area contributed by atoms with Crippen molar-refractivity contribution in [2.45, 2.75) is 39.2 Å². The summed E-state index contributed by atoms with van der Waals surface area (Å²) in [5.41, 5.74) is 5.37. The standard InChI is InChI=1S/C10H22N2O2/c1-3-12(4-2)9(10(13)14)7-5-6-8-11/h9H,3-8,11H2,1-2H3,(H,13,14). The summed E-state index contributed by atoms with van der Waals surface area (Å²) in [6.45, 7) is 6.20. The molecule has 4 heteroatoms. The van der Waals surface area contributed by atoms with Gasteiger partial charge in [-0.15, -0.1) is 0 Å². The third-order valence-corrected chi connectivity index (χ3v) is 2.47. The fraction of sp³-hybridized carbons (Fsp3) is 0.900. The number of nitrogens with zero attached hydrogens (tertiary/aromatic N) is 1. The Morgan fingerprint density at radius 2 is 1.93 bits per heavy atom. The molecule has 0 saturated carbocycles. The summed E-state index contributed by atoms with van der Waals surface area (Å²) in [5, 5.41) is 9.03. The summed E-state index contributed by atoms with van der Waals surface area (Å²) in [7, 11) is 0. The molecule has 0 fully saturated rings. The van der Waals surface area contributed by atoms with Crippen molar-refractivity contribution in [1.29, 1.82) is 0 Å². The molecule has 0 radical (unpaired) electrons. The molecule has 0 aliphatic heterocycles. The molecule has 1 atom stereocenters. The molecule has 0 aromatic carbocycles. The first kappa shape index (κ1) is 13.4. The van der Waals surface area contributed by atoms with E-state index in [2.05, 4.69) is 0 Å². The van der Waals surface area contributed by atoms with Gasteiger partial charge in [-0.1, -0.05) is 20.3 Å². The van der Waals surface area contributed by atoms with E-state index >= 15 is 0 Å². The number of carboxylic acids is 1. The lowest BCUT2D eigenvalue weighted by Gasteiger charge is -2.25. The Labute approximate surface area is 86.1 Å². The molecule has 0 aromatic rings. The van der Waals surface area contributed by atoms with Crippen molar-refractivity contribution in [2.75, 3.05) is 19.6 Å². The zero-order valence-corrected chi connectivity index (χ0v) is 9.20. The maximum atomic E-state index is 11.0. The van der Waals surface area contributed by atoms with Crippen molar-refractivity contribution >= 4 is 5.97 Å². The molecule has 0 aliphatic rings. The van der Waals surface area contributed by atoms with Gasteiger partial charge in [-0.05, 0) is 32.5 Å². The number of hydrogen-bond acceptors (Lipinski definition) is 3. The average Bonchev–Trinajstić information content (AvgIpc) is 2.17. The molecular formula is C10H22N2O2. The number of hydrogen-bond donors (Lipinski definition) is 2. The monoisotopic (exact) mass is 202 g/mol. The minimum Gasteiger partial charge on any atom is -0.480 e. The summed E-state index contributed by atoms with van der Waals surface area (Å²) in [6, 6.07) is -0.337. The molecule has 0 heterocycles. The second-order valence-corrected chi connectivity index (χ2v) is 3.36. The van der Waals surface area contributed by atoms with Gasteiger partial charge in [0.05, 0.1) is 0 Å². The van der Waals surface area contributed by atoms with Crippen molar-refractivity contribution in [3.63, 3.8) is 0 Å². The van der Waals surface area contributed by atoms with E-state index in [1.165, 1.54) is 0 Å².